The Labute approximate surface area is 134 Å². The summed E-state index contributed by atoms with van der Waals surface area (Å²) < 4.78 is 11.7. The van der Waals surface area contributed by atoms with Crippen molar-refractivity contribution in [1.82, 2.24) is 5.32 Å². The highest BCUT2D eigenvalue weighted by atomic mass is 16.5. The Bertz CT molecular complexity index is 614. The number of ether oxygens (including phenoxy) is 1. The summed E-state index contributed by atoms with van der Waals surface area (Å²) in [4.78, 5) is 0. The van der Waals surface area contributed by atoms with Crippen molar-refractivity contribution in [2.45, 2.75) is 47.0 Å². The predicted molar refractivity (Wildman–Crippen MR) is 92.7 cm³/mol. The molecule has 3 heteroatoms. The number of benzene rings is 1. The molecule has 0 spiro atoms. The van der Waals surface area contributed by atoms with Crippen molar-refractivity contribution in [3.8, 4) is 5.75 Å². The molecule has 0 saturated carbocycles. The molecule has 0 amide bonds. The Kier molecular flexibility index (Phi) is 4.86. The van der Waals surface area contributed by atoms with Crippen LogP contribution in [-0.2, 0) is 5.41 Å². The quantitative estimate of drug-likeness (QED) is 0.810. The zero-order chi connectivity index (χ0) is 16.4. The highest BCUT2D eigenvalue weighted by molar-refractivity contribution is 5.79. The molecule has 0 bridgehead atoms. The molecule has 122 valence electrons. The number of hydrogen-bond donors (Lipinski definition) is 1. The van der Waals surface area contributed by atoms with Gasteiger partial charge in [-0.15, -0.1) is 0 Å². The summed E-state index contributed by atoms with van der Waals surface area (Å²) in [6, 6.07) is 8.13. The molecule has 1 N–H and O–H groups in total. The van der Waals surface area contributed by atoms with Crippen LogP contribution in [0, 0.1) is 5.41 Å². The Balaban J connectivity index is 1.93. The number of rotatable bonds is 5. The lowest BCUT2D eigenvalue weighted by atomic mass is 9.93. The van der Waals surface area contributed by atoms with Crippen LogP contribution in [0.1, 0.15) is 47.3 Å². The standard InChI is InChI=1S/C19H29NO2/c1-18(2,3)13-20-9-10-21-15-7-8-16-14(11-15)12-17(22-16)19(4,5)6/h7-8,11-12,20H,9-10,13H2,1-6H3. The van der Waals surface area contributed by atoms with Crippen LogP contribution in [0.25, 0.3) is 11.0 Å². The van der Waals surface area contributed by atoms with Crippen LogP contribution in [0.5, 0.6) is 5.75 Å². The molecule has 22 heavy (non-hydrogen) atoms. The van der Waals surface area contributed by atoms with E-state index in [0.717, 1.165) is 35.6 Å². The van der Waals surface area contributed by atoms with Gasteiger partial charge in [0.2, 0.25) is 0 Å². The van der Waals surface area contributed by atoms with E-state index in [1.165, 1.54) is 0 Å². The maximum Gasteiger partial charge on any atom is 0.134 e. The van der Waals surface area contributed by atoms with E-state index in [9.17, 15) is 0 Å². The van der Waals surface area contributed by atoms with Crippen molar-refractivity contribution < 1.29 is 9.15 Å². The lowest BCUT2D eigenvalue weighted by Gasteiger charge is -2.18. The molecular weight excluding hydrogens is 274 g/mol. The van der Waals surface area contributed by atoms with Gasteiger partial charge in [0.05, 0.1) is 0 Å². The molecule has 0 saturated heterocycles. The third-order valence-corrected chi connectivity index (χ3v) is 3.43. The molecular formula is C19H29NO2. The van der Waals surface area contributed by atoms with Crippen LogP contribution in [0.15, 0.2) is 28.7 Å². The fourth-order valence-electron chi connectivity index (χ4n) is 2.19. The highest BCUT2D eigenvalue weighted by Gasteiger charge is 2.19. The maximum atomic E-state index is 5.90. The molecule has 3 nitrogen and oxygen atoms in total. The molecule has 1 heterocycles. The summed E-state index contributed by atoms with van der Waals surface area (Å²) in [5.41, 5.74) is 1.25. The number of hydrogen-bond acceptors (Lipinski definition) is 3. The molecule has 0 aliphatic carbocycles. The highest BCUT2D eigenvalue weighted by Crippen LogP contribution is 2.30. The van der Waals surface area contributed by atoms with Crippen LogP contribution in [-0.4, -0.2) is 19.7 Å². The van der Waals surface area contributed by atoms with Gasteiger partial charge >= 0.3 is 0 Å². The van der Waals surface area contributed by atoms with Gasteiger partial charge in [-0.3, -0.25) is 0 Å². The molecule has 0 aliphatic rings. The van der Waals surface area contributed by atoms with Crippen LogP contribution in [0.4, 0.5) is 0 Å². The van der Waals surface area contributed by atoms with Crippen molar-refractivity contribution >= 4 is 11.0 Å². The van der Waals surface area contributed by atoms with Gasteiger partial charge in [0.25, 0.3) is 0 Å². The van der Waals surface area contributed by atoms with E-state index in [1.54, 1.807) is 0 Å². The van der Waals surface area contributed by atoms with Gasteiger partial charge in [-0.1, -0.05) is 41.5 Å². The summed E-state index contributed by atoms with van der Waals surface area (Å²) in [6.45, 7) is 15.7. The number of fused-ring (bicyclic) bond motifs is 1. The van der Waals surface area contributed by atoms with Crippen molar-refractivity contribution in [2.75, 3.05) is 19.7 Å². The summed E-state index contributed by atoms with van der Waals surface area (Å²) in [6.07, 6.45) is 0. The minimum absolute atomic E-state index is 0.0247. The van der Waals surface area contributed by atoms with E-state index in [0.29, 0.717) is 12.0 Å². The van der Waals surface area contributed by atoms with Crippen LogP contribution in [0.2, 0.25) is 0 Å². The Morgan fingerprint density at radius 3 is 2.41 bits per heavy atom. The largest absolute Gasteiger partial charge is 0.492 e. The Hall–Kier alpha value is -1.48. The summed E-state index contributed by atoms with van der Waals surface area (Å²) >= 11 is 0. The van der Waals surface area contributed by atoms with Crippen molar-refractivity contribution in [3.63, 3.8) is 0 Å². The van der Waals surface area contributed by atoms with Gasteiger partial charge < -0.3 is 14.5 Å². The fourth-order valence-corrected chi connectivity index (χ4v) is 2.19. The number of furan rings is 1. The topological polar surface area (TPSA) is 34.4 Å². The smallest absolute Gasteiger partial charge is 0.134 e. The zero-order valence-corrected chi connectivity index (χ0v) is 14.7. The van der Waals surface area contributed by atoms with E-state index < -0.39 is 0 Å². The van der Waals surface area contributed by atoms with Crippen LogP contribution < -0.4 is 10.1 Å². The van der Waals surface area contributed by atoms with Gasteiger partial charge in [-0.25, -0.2) is 0 Å². The van der Waals surface area contributed by atoms with E-state index >= 15 is 0 Å². The lowest BCUT2D eigenvalue weighted by Crippen LogP contribution is -2.30. The SMILES string of the molecule is CC(C)(C)CNCCOc1ccc2oc(C(C)(C)C)cc2c1. The minimum Gasteiger partial charge on any atom is -0.492 e. The second kappa shape index (κ2) is 6.33. The third-order valence-electron chi connectivity index (χ3n) is 3.43. The molecule has 2 aromatic rings. The molecule has 0 atom stereocenters. The third kappa shape index (κ3) is 4.77. The molecule has 0 unspecified atom stereocenters. The van der Waals surface area contributed by atoms with E-state index in [4.69, 9.17) is 9.15 Å². The average molecular weight is 303 g/mol. The molecule has 1 aromatic heterocycles. The zero-order valence-electron chi connectivity index (χ0n) is 14.7. The van der Waals surface area contributed by atoms with Crippen molar-refractivity contribution in [2.24, 2.45) is 5.41 Å². The number of nitrogens with one attached hydrogen (secondary N) is 1. The first-order chi connectivity index (χ1) is 10.1. The Morgan fingerprint density at radius 1 is 1.05 bits per heavy atom. The molecule has 0 radical (unpaired) electrons. The summed E-state index contributed by atoms with van der Waals surface area (Å²) in [7, 11) is 0. The minimum atomic E-state index is 0.0247. The summed E-state index contributed by atoms with van der Waals surface area (Å²) in [5.74, 6) is 1.90. The van der Waals surface area contributed by atoms with Gasteiger partial charge in [-0.05, 0) is 29.7 Å². The monoisotopic (exact) mass is 303 g/mol. The summed E-state index contributed by atoms with van der Waals surface area (Å²) in [5, 5.41) is 4.52. The first-order valence-electron chi connectivity index (χ1n) is 8.03. The predicted octanol–water partition coefficient (Wildman–Crippen LogP) is 4.74. The lowest BCUT2D eigenvalue weighted by molar-refractivity contribution is 0.297. The van der Waals surface area contributed by atoms with E-state index in [1.807, 2.05) is 12.1 Å². The van der Waals surface area contributed by atoms with Crippen LogP contribution in [0.3, 0.4) is 0 Å². The average Bonchev–Trinajstić information content (AvgIpc) is 2.80. The van der Waals surface area contributed by atoms with Gasteiger partial charge in [-0.2, -0.15) is 0 Å². The van der Waals surface area contributed by atoms with Crippen molar-refractivity contribution in [1.29, 1.82) is 0 Å². The molecule has 0 fully saturated rings. The molecule has 2 rings (SSSR count). The fraction of sp³-hybridized carbons (Fsp3) is 0.579. The van der Waals surface area contributed by atoms with E-state index in [2.05, 4.69) is 59.0 Å². The second-order valence-electron chi connectivity index (χ2n) is 8.15. The molecule has 0 aliphatic heterocycles. The Morgan fingerprint density at radius 2 is 1.77 bits per heavy atom. The van der Waals surface area contributed by atoms with Gasteiger partial charge in [0.15, 0.2) is 0 Å². The first-order valence-corrected chi connectivity index (χ1v) is 8.03. The van der Waals surface area contributed by atoms with Crippen molar-refractivity contribution in [3.05, 3.63) is 30.0 Å². The van der Waals surface area contributed by atoms with E-state index in [-0.39, 0.29) is 5.41 Å². The first kappa shape index (κ1) is 16.9. The normalized spacial score (nSPS) is 12.8. The van der Waals surface area contributed by atoms with Gasteiger partial charge in [0, 0.05) is 23.9 Å². The van der Waals surface area contributed by atoms with Crippen LogP contribution >= 0.6 is 0 Å². The van der Waals surface area contributed by atoms with Gasteiger partial charge in [0.1, 0.15) is 23.7 Å². The maximum absolute atomic E-state index is 5.90. The second-order valence-corrected chi connectivity index (χ2v) is 8.15. The molecule has 1 aromatic carbocycles.